The molecule has 0 radical (unpaired) electrons. The molecule has 5 nitrogen and oxygen atoms in total. The van der Waals surface area contributed by atoms with Crippen molar-refractivity contribution in [2.45, 2.75) is 37.8 Å². The summed E-state index contributed by atoms with van der Waals surface area (Å²) in [6.45, 7) is 1.94. The Morgan fingerprint density at radius 2 is 2.06 bits per heavy atom. The first-order valence-corrected chi connectivity index (χ1v) is 6.48. The van der Waals surface area contributed by atoms with Crippen LogP contribution in [0, 0.1) is 5.92 Å². The molecule has 1 saturated heterocycles. The molecule has 0 aromatic heterocycles. The van der Waals surface area contributed by atoms with Crippen LogP contribution < -0.4 is 5.32 Å². The maximum absolute atomic E-state index is 10.8. The van der Waals surface area contributed by atoms with Crippen LogP contribution in [0.4, 0.5) is 0 Å². The van der Waals surface area contributed by atoms with Crippen LogP contribution in [0.25, 0.3) is 0 Å². The van der Waals surface area contributed by atoms with Gasteiger partial charge >= 0.3 is 5.97 Å². The topological polar surface area (TPSA) is 72.8 Å². The van der Waals surface area contributed by atoms with Crippen molar-refractivity contribution >= 4 is 5.97 Å². The summed E-state index contributed by atoms with van der Waals surface area (Å²) in [5.41, 5.74) is 0. The lowest BCUT2D eigenvalue weighted by molar-refractivity contribution is -0.138. The number of hydrogen-bond donors (Lipinski definition) is 3. The zero-order valence-electron chi connectivity index (χ0n) is 10.1. The van der Waals surface area contributed by atoms with E-state index in [1.54, 1.807) is 0 Å². The van der Waals surface area contributed by atoms with Gasteiger partial charge in [-0.3, -0.25) is 9.69 Å². The van der Waals surface area contributed by atoms with E-state index in [9.17, 15) is 4.79 Å². The summed E-state index contributed by atoms with van der Waals surface area (Å²) in [7, 11) is 0. The average Bonchev–Trinajstić information content (AvgIpc) is 3.00. The van der Waals surface area contributed by atoms with Gasteiger partial charge in [-0.05, 0) is 31.6 Å². The summed E-state index contributed by atoms with van der Waals surface area (Å²) in [4.78, 5) is 12.8. The Kier molecular flexibility index (Phi) is 4.36. The van der Waals surface area contributed by atoms with Crippen molar-refractivity contribution in [3.8, 4) is 0 Å². The zero-order chi connectivity index (χ0) is 12.3. The van der Waals surface area contributed by atoms with Gasteiger partial charge in [0.05, 0.1) is 6.54 Å². The predicted octanol–water partition coefficient (Wildman–Crippen LogP) is -0.104. The van der Waals surface area contributed by atoms with Crippen molar-refractivity contribution in [3.63, 3.8) is 0 Å². The standard InChI is InChI=1S/C12H22N2O3/c15-4-3-9-5-11(13-10-1-2-10)7-14(6-9)8-12(16)17/h9-11,13,15H,1-8H2,(H,16,17). The maximum atomic E-state index is 10.8. The molecule has 17 heavy (non-hydrogen) atoms. The van der Waals surface area contributed by atoms with Gasteiger partial charge in [0, 0.05) is 31.8 Å². The number of carboxylic acid groups (broad SMARTS) is 1. The molecule has 2 rings (SSSR count). The van der Waals surface area contributed by atoms with Crippen LogP contribution >= 0.6 is 0 Å². The first kappa shape index (κ1) is 12.8. The van der Waals surface area contributed by atoms with E-state index in [1.165, 1.54) is 12.8 Å². The number of aliphatic hydroxyl groups is 1. The van der Waals surface area contributed by atoms with E-state index in [0.29, 0.717) is 18.0 Å². The normalized spacial score (nSPS) is 30.4. The lowest BCUT2D eigenvalue weighted by Gasteiger charge is -2.37. The van der Waals surface area contributed by atoms with E-state index < -0.39 is 5.97 Å². The summed E-state index contributed by atoms with van der Waals surface area (Å²) in [6, 6.07) is 1.05. The Hall–Kier alpha value is -0.650. The van der Waals surface area contributed by atoms with E-state index >= 15 is 0 Å². The number of nitrogens with zero attached hydrogens (tertiary/aromatic N) is 1. The zero-order valence-corrected chi connectivity index (χ0v) is 10.1. The van der Waals surface area contributed by atoms with Crippen LogP contribution in [0.3, 0.4) is 0 Å². The minimum atomic E-state index is -0.764. The van der Waals surface area contributed by atoms with Gasteiger partial charge < -0.3 is 15.5 Å². The molecular weight excluding hydrogens is 220 g/mol. The lowest BCUT2D eigenvalue weighted by atomic mass is 9.91. The van der Waals surface area contributed by atoms with Crippen molar-refractivity contribution < 1.29 is 15.0 Å². The molecule has 3 N–H and O–H groups in total. The van der Waals surface area contributed by atoms with Gasteiger partial charge in [-0.2, -0.15) is 0 Å². The fourth-order valence-electron chi connectivity index (χ4n) is 2.72. The van der Waals surface area contributed by atoms with Crippen LogP contribution in [0.2, 0.25) is 0 Å². The average molecular weight is 242 g/mol. The lowest BCUT2D eigenvalue weighted by Crippen LogP contribution is -2.51. The Morgan fingerprint density at radius 1 is 1.29 bits per heavy atom. The van der Waals surface area contributed by atoms with Crippen LogP contribution in [0.15, 0.2) is 0 Å². The number of rotatable bonds is 6. The van der Waals surface area contributed by atoms with Gasteiger partial charge in [0.2, 0.25) is 0 Å². The minimum Gasteiger partial charge on any atom is -0.480 e. The Balaban J connectivity index is 1.85. The monoisotopic (exact) mass is 242 g/mol. The van der Waals surface area contributed by atoms with Gasteiger partial charge in [-0.25, -0.2) is 0 Å². The number of nitrogens with one attached hydrogen (secondary N) is 1. The quantitative estimate of drug-likeness (QED) is 0.606. The number of hydrogen-bond acceptors (Lipinski definition) is 4. The minimum absolute atomic E-state index is 0.116. The third-order valence-electron chi connectivity index (χ3n) is 3.56. The molecule has 2 atom stereocenters. The fraction of sp³-hybridized carbons (Fsp3) is 0.917. The number of aliphatic hydroxyl groups excluding tert-OH is 1. The number of carbonyl (C=O) groups is 1. The predicted molar refractivity (Wildman–Crippen MR) is 63.8 cm³/mol. The number of piperidine rings is 1. The molecule has 0 spiro atoms. The van der Waals surface area contributed by atoms with Gasteiger partial charge in [0.25, 0.3) is 0 Å². The summed E-state index contributed by atoms with van der Waals surface area (Å²) in [5.74, 6) is -0.343. The molecule has 1 aliphatic heterocycles. The van der Waals surface area contributed by atoms with Gasteiger partial charge in [-0.1, -0.05) is 0 Å². The van der Waals surface area contributed by atoms with Crippen molar-refractivity contribution in [1.82, 2.24) is 10.2 Å². The van der Waals surface area contributed by atoms with Crippen LogP contribution in [0.1, 0.15) is 25.7 Å². The molecule has 98 valence electrons. The van der Waals surface area contributed by atoms with Crippen LogP contribution in [-0.4, -0.2) is 59.4 Å². The largest absolute Gasteiger partial charge is 0.480 e. The van der Waals surface area contributed by atoms with Crippen LogP contribution in [0.5, 0.6) is 0 Å². The number of aliphatic carboxylic acids is 1. The maximum Gasteiger partial charge on any atom is 0.317 e. The second kappa shape index (κ2) is 5.80. The molecule has 0 aromatic rings. The van der Waals surface area contributed by atoms with E-state index in [1.807, 2.05) is 4.90 Å². The van der Waals surface area contributed by atoms with E-state index in [-0.39, 0.29) is 13.2 Å². The molecule has 0 amide bonds. The third kappa shape index (κ3) is 4.26. The van der Waals surface area contributed by atoms with Crippen molar-refractivity contribution in [2.75, 3.05) is 26.2 Å². The first-order chi connectivity index (χ1) is 8.17. The molecular formula is C12H22N2O3. The molecule has 1 heterocycles. The third-order valence-corrected chi connectivity index (χ3v) is 3.56. The molecule has 1 saturated carbocycles. The molecule has 2 aliphatic rings. The highest BCUT2D eigenvalue weighted by Crippen LogP contribution is 2.25. The second-order valence-corrected chi connectivity index (χ2v) is 5.34. The molecule has 0 bridgehead atoms. The highest BCUT2D eigenvalue weighted by atomic mass is 16.4. The van der Waals surface area contributed by atoms with Gasteiger partial charge in [0.15, 0.2) is 0 Å². The Labute approximate surface area is 102 Å². The van der Waals surface area contributed by atoms with Gasteiger partial charge in [-0.15, -0.1) is 0 Å². The summed E-state index contributed by atoms with van der Waals surface area (Å²) < 4.78 is 0. The van der Waals surface area contributed by atoms with E-state index in [2.05, 4.69) is 5.32 Å². The first-order valence-electron chi connectivity index (χ1n) is 6.48. The smallest absolute Gasteiger partial charge is 0.317 e. The van der Waals surface area contributed by atoms with E-state index in [0.717, 1.165) is 25.9 Å². The van der Waals surface area contributed by atoms with E-state index in [4.69, 9.17) is 10.2 Å². The number of likely N-dealkylation sites (tertiary alicyclic amines) is 1. The Bertz CT molecular complexity index is 268. The second-order valence-electron chi connectivity index (χ2n) is 5.34. The number of carboxylic acids is 1. The van der Waals surface area contributed by atoms with Crippen molar-refractivity contribution in [2.24, 2.45) is 5.92 Å². The summed E-state index contributed by atoms with van der Waals surface area (Å²) in [6.07, 6.45) is 4.34. The highest BCUT2D eigenvalue weighted by molar-refractivity contribution is 5.69. The van der Waals surface area contributed by atoms with Gasteiger partial charge in [0.1, 0.15) is 0 Å². The van der Waals surface area contributed by atoms with Crippen LogP contribution in [-0.2, 0) is 4.79 Å². The Morgan fingerprint density at radius 3 is 2.65 bits per heavy atom. The summed E-state index contributed by atoms with van der Waals surface area (Å²) >= 11 is 0. The molecule has 2 fully saturated rings. The molecule has 5 heteroatoms. The highest BCUT2D eigenvalue weighted by Gasteiger charge is 2.31. The molecule has 1 aliphatic carbocycles. The summed E-state index contributed by atoms with van der Waals surface area (Å²) in [5, 5.41) is 21.4. The molecule has 0 aromatic carbocycles. The fourth-order valence-corrected chi connectivity index (χ4v) is 2.72. The molecule has 2 unspecified atom stereocenters. The van der Waals surface area contributed by atoms with Crippen molar-refractivity contribution in [3.05, 3.63) is 0 Å². The van der Waals surface area contributed by atoms with Crippen molar-refractivity contribution in [1.29, 1.82) is 0 Å². The SMILES string of the molecule is O=C(O)CN1CC(CCO)CC(NC2CC2)C1.